The van der Waals surface area contributed by atoms with Crippen molar-refractivity contribution in [2.45, 2.75) is 0 Å². The predicted octanol–water partition coefficient (Wildman–Crippen LogP) is 14.2. The molecule has 4 nitrogen and oxygen atoms in total. The molecule has 58 heavy (non-hydrogen) atoms. The van der Waals surface area contributed by atoms with Crippen LogP contribution in [0.3, 0.4) is 0 Å². The van der Waals surface area contributed by atoms with E-state index in [0.717, 1.165) is 87.8 Å². The Morgan fingerprint density at radius 3 is 1.16 bits per heavy atom. The summed E-state index contributed by atoms with van der Waals surface area (Å²) in [6.07, 6.45) is 3.52. The zero-order valence-electron chi connectivity index (χ0n) is 31.4. The zero-order chi connectivity index (χ0) is 39.0. The average Bonchev–Trinajstić information content (AvgIpc) is 3.28. The van der Waals surface area contributed by atoms with Crippen LogP contribution in [0, 0.1) is 0 Å². The quantitative estimate of drug-likeness (QED) is 0.160. The molecule has 10 aromatic rings. The minimum absolute atomic E-state index is 0.184. The van der Waals surface area contributed by atoms with Crippen LogP contribution < -0.4 is 0 Å². The van der Waals surface area contributed by atoms with Crippen molar-refractivity contribution in [1.29, 1.82) is 0 Å². The van der Waals surface area contributed by atoms with E-state index in [1.54, 1.807) is 12.4 Å². The summed E-state index contributed by atoms with van der Waals surface area (Å²) in [5.74, 6) is 0.369. The van der Waals surface area contributed by atoms with Crippen molar-refractivity contribution in [2.75, 3.05) is 0 Å². The Morgan fingerprint density at radius 1 is 0.328 bits per heavy atom. The average molecular weight is 745 g/mol. The van der Waals surface area contributed by atoms with Gasteiger partial charge in [0, 0.05) is 45.5 Å². The number of phenolic OH excluding ortho intramolecular Hbond substituents is 2. The van der Waals surface area contributed by atoms with E-state index in [0.29, 0.717) is 11.1 Å². The molecule has 0 fully saturated rings. The summed E-state index contributed by atoms with van der Waals surface area (Å²) in [6.45, 7) is 0. The Labute approximate surface area is 336 Å². The van der Waals surface area contributed by atoms with Crippen molar-refractivity contribution in [2.24, 2.45) is 9.98 Å². The molecule has 0 saturated heterocycles. The molecule has 274 valence electrons. The third-order valence-electron chi connectivity index (χ3n) is 11.0. The molecule has 0 aliphatic carbocycles. The van der Waals surface area contributed by atoms with Gasteiger partial charge < -0.3 is 10.2 Å². The van der Waals surface area contributed by atoms with Crippen molar-refractivity contribution in [3.8, 4) is 44.9 Å². The minimum atomic E-state index is 0.184. The Bertz CT molecular complexity index is 3020. The Morgan fingerprint density at radius 2 is 0.707 bits per heavy atom. The fourth-order valence-corrected chi connectivity index (χ4v) is 8.22. The van der Waals surface area contributed by atoms with E-state index in [4.69, 9.17) is 9.98 Å². The fraction of sp³-hybridized carbons (Fsp3) is 0. The summed E-state index contributed by atoms with van der Waals surface area (Å²) < 4.78 is 0. The number of fused-ring (bicyclic) bond motifs is 4. The van der Waals surface area contributed by atoms with E-state index < -0.39 is 0 Å². The number of benzene rings is 10. The number of rotatable bonds is 7. The third-order valence-corrected chi connectivity index (χ3v) is 11.0. The van der Waals surface area contributed by atoms with Gasteiger partial charge in [-0.05, 0) is 78.8 Å². The Kier molecular flexibility index (Phi) is 8.77. The smallest absolute Gasteiger partial charge is 0.132 e. The maximum Gasteiger partial charge on any atom is 0.132 e. The predicted molar refractivity (Wildman–Crippen MR) is 243 cm³/mol. The maximum atomic E-state index is 11.8. The van der Waals surface area contributed by atoms with Crippen LogP contribution in [-0.2, 0) is 0 Å². The highest BCUT2D eigenvalue weighted by atomic mass is 16.3. The van der Waals surface area contributed by atoms with Gasteiger partial charge in [0.2, 0.25) is 0 Å². The van der Waals surface area contributed by atoms with Crippen LogP contribution in [0.25, 0.3) is 76.5 Å². The molecule has 2 N–H and O–H groups in total. The van der Waals surface area contributed by atoms with Crippen molar-refractivity contribution in [1.82, 2.24) is 0 Å². The highest BCUT2D eigenvalue weighted by Gasteiger charge is 2.18. The first kappa shape index (κ1) is 34.7. The number of hydrogen-bond donors (Lipinski definition) is 2. The van der Waals surface area contributed by atoms with E-state index >= 15 is 0 Å². The molecule has 0 saturated carbocycles. The van der Waals surface area contributed by atoms with Gasteiger partial charge in [0.25, 0.3) is 0 Å². The third kappa shape index (κ3) is 6.14. The Hall–Kier alpha value is -7.82. The monoisotopic (exact) mass is 744 g/mol. The number of phenols is 2. The van der Waals surface area contributed by atoms with Gasteiger partial charge in [-0.3, -0.25) is 9.98 Å². The van der Waals surface area contributed by atoms with Gasteiger partial charge in [-0.25, -0.2) is 0 Å². The largest absolute Gasteiger partial charge is 0.507 e. The normalized spacial score (nSPS) is 11.8. The number of aromatic hydroxyl groups is 2. The van der Waals surface area contributed by atoms with Crippen LogP contribution in [0.2, 0.25) is 0 Å². The van der Waals surface area contributed by atoms with Gasteiger partial charge in [-0.1, -0.05) is 170 Å². The van der Waals surface area contributed by atoms with Gasteiger partial charge in [-0.2, -0.15) is 0 Å². The summed E-state index contributed by atoms with van der Waals surface area (Å²) >= 11 is 0. The van der Waals surface area contributed by atoms with Gasteiger partial charge in [0.15, 0.2) is 0 Å². The number of nitrogens with zero attached hydrogens (tertiary/aromatic N) is 2. The van der Waals surface area contributed by atoms with E-state index in [1.807, 2.05) is 133 Å². The molecule has 0 heterocycles. The van der Waals surface area contributed by atoms with E-state index in [2.05, 4.69) is 60.7 Å². The molecule has 10 aromatic carbocycles. The highest BCUT2D eigenvalue weighted by Crippen LogP contribution is 2.46. The first-order chi connectivity index (χ1) is 28.6. The molecule has 0 unspecified atom stereocenters. The van der Waals surface area contributed by atoms with Crippen LogP contribution in [0.15, 0.2) is 204 Å². The van der Waals surface area contributed by atoms with Gasteiger partial charge >= 0.3 is 0 Å². The van der Waals surface area contributed by atoms with Crippen molar-refractivity contribution < 1.29 is 10.2 Å². The molecular weight excluding hydrogens is 709 g/mol. The van der Waals surface area contributed by atoms with Crippen molar-refractivity contribution in [3.05, 3.63) is 205 Å². The molecule has 0 aliphatic heterocycles. The molecule has 0 atom stereocenters. The van der Waals surface area contributed by atoms with Gasteiger partial charge in [0.05, 0.1) is 11.4 Å². The lowest BCUT2D eigenvalue weighted by molar-refractivity contribution is 0.480. The van der Waals surface area contributed by atoms with Crippen LogP contribution in [-0.4, -0.2) is 22.6 Å². The van der Waals surface area contributed by atoms with Crippen LogP contribution in [0.5, 0.6) is 11.5 Å². The van der Waals surface area contributed by atoms with Crippen LogP contribution in [0.1, 0.15) is 11.1 Å². The first-order valence-corrected chi connectivity index (χ1v) is 19.3. The fourth-order valence-electron chi connectivity index (χ4n) is 8.22. The molecular formula is C54H36N2O2. The van der Waals surface area contributed by atoms with E-state index in [1.165, 1.54) is 0 Å². The molecule has 0 radical (unpaired) electrons. The summed E-state index contributed by atoms with van der Waals surface area (Å²) in [6, 6.07) is 65.2. The second-order valence-corrected chi connectivity index (χ2v) is 14.4. The summed E-state index contributed by atoms with van der Waals surface area (Å²) in [4.78, 5) is 10.3. The molecule has 0 aliphatic rings. The maximum absolute atomic E-state index is 11.8. The van der Waals surface area contributed by atoms with E-state index in [9.17, 15) is 10.2 Å². The number of hydrogen-bond acceptors (Lipinski definition) is 4. The number of aliphatic imine (C=N–C) groups is 2. The summed E-state index contributed by atoms with van der Waals surface area (Å²) in [7, 11) is 0. The molecule has 0 spiro atoms. The van der Waals surface area contributed by atoms with Crippen LogP contribution >= 0.6 is 0 Å². The first-order valence-electron chi connectivity index (χ1n) is 19.3. The molecule has 0 amide bonds. The van der Waals surface area contributed by atoms with Crippen molar-refractivity contribution in [3.63, 3.8) is 0 Å². The molecule has 10 rings (SSSR count). The van der Waals surface area contributed by atoms with Crippen LogP contribution in [0.4, 0.5) is 11.4 Å². The minimum Gasteiger partial charge on any atom is -0.507 e. The zero-order valence-corrected chi connectivity index (χ0v) is 31.4. The highest BCUT2D eigenvalue weighted by molar-refractivity contribution is 6.14. The summed E-state index contributed by atoms with van der Waals surface area (Å²) in [5.41, 5.74) is 8.56. The second-order valence-electron chi connectivity index (χ2n) is 14.4. The van der Waals surface area contributed by atoms with E-state index in [-0.39, 0.29) is 11.5 Å². The van der Waals surface area contributed by atoms with Gasteiger partial charge in [0.1, 0.15) is 11.5 Å². The topological polar surface area (TPSA) is 65.2 Å². The Balaban J connectivity index is 1.14. The lowest BCUT2D eigenvalue weighted by Crippen LogP contribution is -1.91. The lowest BCUT2D eigenvalue weighted by Gasteiger charge is -2.16. The summed E-state index contributed by atoms with van der Waals surface area (Å²) in [5, 5.41) is 31.3. The lowest BCUT2D eigenvalue weighted by atomic mass is 9.91. The molecule has 0 bridgehead atoms. The molecule has 0 aromatic heterocycles. The standard InChI is InChI=1S/C54H36N2O2/c57-53-41(27-25-39-19-11-23-43(49(39)53)35-13-3-1-4-14-35)33-55-47-31-29-37-17-7-9-21-45(37)51(47)52-46-22-10-8-18-38(46)30-32-48(52)56-34-42-28-26-40-20-12-24-44(50(40)54(42)58)36-15-5-2-6-16-36/h1-34,57-58H/b55-33+,56-34+. The van der Waals surface area contributed by atoms with Gasteiger partial charge in [-0.15, -0.1) is 0 Å². The van der Waals surface area contributed by atoms with Crippen molar-refractivity contribution >= 4 is 66.9 Å². The second kappa shape index (κ2) is 14.7. The SMILES string of the molecule is Oc1c(/C=N/c2ccc3ccccc3c2-c2c(/N=C/c3ccc4cccc(-c5ccccc5)c4c3O)ccc3ccccc23)ccc2cccc(-c3ccccc3)c12. The molecule has 4 heteroatoms.